The molecule has 1 aliphatic heterocycles. The minimum Gasteiger partial charge on any atom is -0.487 e. The third kappa shape index (κ3) is 4.47. The van der Waals surface area contributed by atoms with E-state index < -0.39 is 11.7 Å². The highest BCUT2D eigenvalue weighted by Gasteiger charge is 2.29. The van der Waals surface area contributed by atoms with E-state index in [4.69, 9.17) is 9.72 Å². The summed E-state index contributed by atoms with van der Waals surface area (Å²) in [6.07, 6.45) is -1.93. The van der Waals surface area contributed by atoms with Crippen molar-refractivity contribution in [2.75, 3.05) is 18.0 Å². The van der Waals surface area contributed by atoms with Crippen molar-refractivity contribution in [1.82, 2.24) is 4.98 Å². The van der Waals surface area contributed by atoms with Crippen LogP contribution in [0.25, 0.3) is 10.9 Å². The predicted molar refractivity (Wildman–Crippen MR) is 108 cm³/mol. The molecule has 0 spiro atoms. The lowest BCUT2D eigenvalue weighted by Crippen LogP contribution is -2.34. The summed E-state index contributed by atoms with van der Waals surface area (Å²) in [4.78, 5) is 7.15. The number of piperidine rings is 1. The van der Waals surface area contributed by atoms with Crippen LogP contribution in [-0.4, -0.2) is 18.1 Å². The highest BCUT2D eigenvalue weighted by molar-refractivity contribution is 5.86. The van der Waals surface area contributed by atoms with E-state index in [0.717, 1.165) is 48.4 Å². The number of para-hydroxylation sites is 1. The van der Waals surface area contributed by atoms with Gasteiger partial charge < -0.3 is 9.64 Å². The molecule has 1 unspecified atom stereocenters. The maximum absolute atomic E-state index is 12.7. The maximum Gasteiger partial charge on any atom is 0.416 e. The fourth-order valence-electron chi connectivity index (χ4n) is 3.75. The quantitative estimate of drug-likeness (QED) is 0.532. The van der Waals surface area contributed by atoms with Crippen LogP contribution < -0.4 is 9.64 Å². The standard InChI is InChI=1S/C23H23F3N2O/c1-16-4-3-13-28(14-16)21-12-9-18-5-2-6-20(22(18)27-21)29-15-17-7-10-19(11-8-17)23(24,25)26/h2,5-12,16H,3-4,13-15H2,1H3. The molecule has 3 nitrogen and oxygen atoms in total. The monoisotopic (exact) mass is 400 g/mol. The average molecular weight is 400 g/mol. The van der Waals surface area contributed by atoms with Crippen LogP contribution in [-0.2, 0) is 12.8 Å². The second-order valence-electron chi connectivity index (χ2n) is 7.67. The van der Waals surface area contributed by atoms with Crippen molar-refractivity contribution >= 4 is 16.7 Å². The number of hydrogen-bond acceptors (Lipinski definition) is 3. The molecule has 0 amide bonds. The third-order valence-corrected chi connectivity index (χ3v) is 5.33. The Kier molecular flexibility index (Phi) is 5.35. The first-order valence-electron chi connectivity index (χ1n) is 9.84. The van der Waals surface area contributed by atoms with Crippen molar-refractivity contribution in [1.29, 1.82) is 0 Å². The summed E-state index contributed by atoms with van der Waals surface area (Å²) in [7, 11) is 0. The van der Waals surface area contributed by atoms with Gasteiger partial charge in [-0.25, -0.2) is 4.98 Å². The van der Waals surface area contributed by atoms with Gasteiger partial charge in [-0.3, -0.25) is 0 Å². The summed E-state index contributed by atoms with van der Waals surface area (Å²) >= 11 is 0. The summed E-state index contributed by atoms with van der Waals surface area (Å²) in [6, 6.07) is 14.9. The Labute approximate surface area is 168 Å². The Morgan fingerprint density at radius 2 is 1.86 bits per heavy atom. The van der Waals surface area contributed by atoms with Gasteiger partial charge in [0, 0.05) is 18.5 Å². The summed E-state index contributed by atoms with van der Waals surface area (Å²) in [6.45, 7) is 4.43. The molecule has 0 saturated carbocycles. The van der Waals surface area contributed by atoms with Crippen molar-refractivity contribution in [3.63, 3.8) is 0 Å². The first-order chi connectivity index (χ1) is 13.9. The van der Waals surface area contributed by atoms with Gasteiger partial charge in [0.1, 0.15) is 23.7 Å². The van der Waals surface area contributed by atoms with Crippen molar-refractivity contribution in [3.05, 3.63) is 65.7 Å². The second kappa shape index (κ2) is 7.93. The molecule has 152 valence electrons. The first kappa shape index (κ1) is 19.6. The molecular weight excluding hydrogens is 377 g/mol. The maximum atomic E-state index is 12.7. The molecule has 6 heteroatoms. The van der Waals surface area contributed by atoms with Crippen molar-refractivity contribution in [3.8, 4) is 5.75 Å². The number of ether oxygens (including phenoxy) is 1. The Morgan fingerprint density at radius 1 is 1.07 bits per heavy atom. The minimum absolute atomic E-state index is 0.184. The Balaban J connectivity index is 1.54. The van der Waals surface area contributed by atoms with Crippen LogP contribution in [0.4, 0.5) is 19.0 Å². The number of rotatable bonds is 4. The molecule has 0 radical (unpaired) electrons. The van der Waals surface area contributed by atoms with E-state index in [1.807, 2.05) is 30.3 Å². The zero-order valence-corrected chi connectivity index (χ0v) is 16.2. The number of benzene rings is 2. The Morgan fingerprint density at radius 3 is 2.59 bits per heavy atom. The van der Waals surface area contributed by atoms with Crippen molar-refractivity contribution < 1.29 is 17.9 Å². The van der Waals surface area contributed by atoms with E-state index in [1.54, 1.807) is 0 Å². The largest absolute Gasteiger partial charge is 0.487 e. The number of pyridine rings is 1. The molecule has 2 heterocycles. The lowest BCUT2D eigenvalue weighted by atomic mass is 10.0. The van der Waals surface area contributed by atoms with Gasteiger partial charge in [-0.05, 0) is 54.7 Å². The van der Waals surface area contributed by atoms with Crippen molar-refractivity contribution in [2.24, 2.45) is 5.92 Å². The van der Waals surface area contributed by atoms with E-state index in [2.05, 4.69) is 11.8 Å². The van der Waals surface area contributed by atoms with Crippen LogP contribution in [0.1, 0.15) is 30.9 Å². The number of aromatic nitrogens is 1. The number of fused-ring (bicyclic) bond motifs is 1. The summed E-state index contributed by atoms with van der Waals surface area (Å²) in [5.41, 5.74) is 0.791. The Hall–Kier alpha value is -2.76. The predicted octanol–water partition coefficient (Wildman–Crippen LogP) is 6.07. The van der Waals surface area contributed by atoms with Crippen LogP contribution in [0.3, 0.4) is 0 Å². The van der Waals surface area contributed by atoms with Gasteiger partial charge in [0.15, 0.2) is 0 Å². The van der Waals surface area contributed by atoms with E-state index in [-0.39, 0.29) is 6.61 Å². The highest BCUT2D eigenvalue weighted by atomic mass is 19.4. The summed E-state index contributed by atoms with van der Waals surface area (Å²) in [5, 5.41) is 0.976. The van der Waals surface area contributed by atoms with Gasteiger partial charge >= 0.3 is 6.18 Å². The minimum atomic E-state index is -4.33. The molecule has 3 aromatic rings. The number of halogens is 3. The molecule has 1 saturated heterocycles. The zero-order valence-electron chi connectivity index (χ0n) is 16.2. The fraction of sp³-hybridized carbons (Fsp3) is 0.348. The fourth-order valence-corrected chi connectivity index (χ4v) is 3.75. The Bertz CT molecular complexity index is 986. The van der Waals surface area contributed by atoms with Gasteiger partial charge in [0.05, 0.1) is 5.56 Å². The van der Waals surface area contributed by atoms with E-state index in [1.165, 1.54) is 18.6 Å². The molecule has 29 heavy (non-hydrogen) atoms. The molecular formula is C23H23F3N2O. The van der Waals surface area contributed by atoms with Gasteiger partial charge in [0.25, 0.3) is 0 Å². The van der Waals surface area contributed by atoms with E-state index in [0.29, 0.717) is 17.2 Å². The molecule has 1 fully saturated rings. The molecule has 1 aliphatic rings. The summed E-state index contributed by atoms with van der Waals surface area (Å²) in [5.74, 6) is 2.22. The highest BCUT2D eigenvalue weighted by Crippen LogP contribution is 2.31. The summed E-state index contributed by atoms with van der Waals surface area (Å²) < 4.78 is 44.1. The van der Waals surface area contributed by atoms with Gasteiger partial charge in [-0.2, -0.15) is 13.2 Å². The number of hydrogen-bond donors (Lipinski definition) is 0. The molecule has 0 N–H and O–H groups in total. The van der Waals surface area contributed by atoms with Gasteiger partial charge in [-0.15, -0.1) is 0 Å². The van der Waals surface area contributed by atoms with Crippen LogP contribution in [0.15, 0.2) is 54.6 Å². The SMILES string of the molecule is CC1CCCN(c2ccc3cccc(OCc4ccc(C(F)(F)F)cc4)c3n2)C1. The lowest BCUT2D eigenvalue weighted by Gasteiger charge is -2.32. The number of nitrogens with zero attached hydrogens (tertiary/aromatic N) is 2. The lowest BCUT2D eigenvalue weighted by molar-refractivity contribution is -0.137. The van der Waals surface area contributed by atoms with Crippen LogP contribution in [0, 0.1) is 5.92 Å². The molecule has 1 aromatic heterocycles. The molecule has 1 atom stereocenters. The topological polar surface area (TPSA) is 25.4 Å². The van der Waals surface area contributed by atoms with E-state index in [9.17, 15) is 13.2 Å². The van der Waals surface area contributed by atoms with Crippen LogP contribution in [0.2, 0.25) is 0 Å². The molecule has 0 aliphatic carbocycles. The normalized spacial score (nSPS) is 17.5. The van der Waals surface area contributed by atoms with Gasteiger partial charge in [0.2, 0.25) is 0 Å². The van der Waals surface area contributed by atoms with Crippen LogP contribution in [0.5, 0.6) is 5.75 Å². The smallest absolute Gasteiger partial charge is 0.416 e. The first-order valence-corrected chi connectivity index (χ1v) is 9.84. The molecule has 4 rings (SSSR count). The second-order valence-corrected chi connectivity index (χ2v) is 7.67. The van der Waals surface area contributed by atoms with Crippen LogP contribution >= 0.6 is 0 Å². The number of anilines is 1. The third-order valence-electron chi connectivity index (χ3n) is 5.33. The van der Waals surface area contributed by atoms with E-state index >= 15 is 0 Å². The molecule has 0 bridgehead atoms. The van der Waals surface area contributed by atoms with Gasteiger partial charge in [-0.1, -0.05) is 31.2 Å². The average Bonchev–Trinajstić information content (AvgIpc) is 2.71. The number of alkyl halides is 3. The van der Waals surface area contributed by atoms with Crippen molar-refractivity contribution in [2.45, 2.75) is 32.5 Å². The molecule has 2 aromatic carbocycles. The zero-order chi connectivity index (χ0) is 20.4.